The van der Waals surface area contributed by atoms with Crippen LogP contribution in [0, 0.1) is 12.7 Å². The van der Waals surface area contributed by atoms with Crippen molar-refractivity contribution in [2.75, 3.05) is 13.2 Å². The summed E-state index contributed by atoms with van der Waals surface area (Å²) in [6.45, 7) is 3.44. The molecule has 0 N–H and O–H groups in total. The molecular formula is C27H22FNO2. The Kier molecular flexibility index (Phi) is 4.29. The van der Waals surface area contributed by atoms with Crippen molar-refractivity contribution in [1.29, 1.82) is 0 Å². The first-order valence-electron chi connectivity index (χ1n) is 10.8. The van der Waals surface area contributed by atoms with E-state index in [4.69, 9.17) is 14.1 Å². The van der Waals surface area contributed by atoms with Crippen LogP contribution in [-0.4, -0.2) is 18.2 Å². The van der Waals surface area contributed by atoms with E-state index in [9.17, 15) is 0 Å². The van der Waals surface area contributed by atoms with Gasteiger partial charge < -0.3 is 9.15 Å². The maximum Gasteiger partial charge on any atom is 0.144 e. The number of aromatic nitrogens is 1. The highest BCUT2D eigenvalue weighted by Crippen LogP contribution is 2.41. The van der Waals surface area contributed by atoms with Gasteiger partial charge in [-0.2, -0.15) is 0 Å². The number of halogens is 1. The van der Waals surface area contributed by atoms with Gasteiger partial charge in [0.2, 0.25) is 0 Å². The van der Waals surface area contributed by atoms with E-state index in [0.29, 0.717) is 13.2 Å². The molecule has 5 aromatic rings. The standard InChI is InChI=1S/C27H22FNO2/c1-16-14-21-18-4-2-3-5-24(18)31-27(21)22(15-16)26-20-6-7-23(28)25(19(20)8-11-29-26)17-9-12-30-13-10-17/h2-8,11,14-15,17H,9-10,12-13H2,1H3. The number of para-hydroxylation sites is 1. The lowest BCUT2D eigenvalue weighted by Crippen LogP contribution is -2.15. The summed E-state index contributed by atoms with van der Waals surface area (Å²) in [6, 6.07) is 17.7. The van der Waals surface area contributed by atoms with E-state index in [1.54, 1.807) is 12.3 Å². The molecule has 1 fully saturated rings. The number of rotatable bonds is 2. The number of furan rings is 1. The highest BCUT2D eigenvalue weighted by molar-refractivity contribution is 6.12. The monoisotopic (exact) mass is 411 g/mol. The van der Waals surface area contributed by atoms with Gasteiger partial charge in [0.25, 0.3) is 0 Å². The SMILES string of the molecule is Cc1cc(-c2nccc3c(C4CCOCC4)c(F)ccc23)c2oc3ccccc3c2c1. The third-order valence-corrected chi connectivity index (χ3v) is 6.44. The van der Waals surface area contributed by atoms with Crippen LogP contribution in [0.4, 0.5) is 4.39 Å². The number of pyridine rings is 1. The Labute approximate surface area is 179 Å². The van der Waals surface area contributed by atoms with Crippen LogP contribution in [0.2, 0.25) is 0 Å². The van der Waals surface area contributed by atoms with Crippen molar-refractivity contribution in [3.8, 4) is 11.3 Å². The van der Waals surface area contributed by atoms with Crippen LogP contribution < -0.4 is 0 Å². The minimum atomic E-state index is -0.144. The van der Waals surface area contributed by atoms with Crippen LogP contribution in [0.15, 0.2) is 65.2 Å². The van der Waals surface area contributed by atoms with Gasteiger partial charge >= 0.3 is 0 Å². The summed E-state index contributed by atoms with van der Waals surface area (Å²) in [5, 5.41) is 4.06. The van der Waals surface area contributed by atoms with Crippen LogP contribution in [0.5, 0.6) is 0 Å². The van der Waals surface area contributed by atoms with E-state index in [2.05, 4.69) is 25.1 Å². The van der Waals surface area contributed by atoms with E-state index >= 15 is 4.39 Å². The summed E-state index contributed by atoms with van der Waals surface area (Å²) in [5.74, 6) is 0.0195. The smallest absolute Gasteiger partial charge is 0.144 e. The molecule has 6 rings (SSSR count). The van der Waals surface area contributed by atoms with Gasteiger partial charge in [0, 0.05) is 41.1 Å². The van der Waals surface area contributed by atoms with Crippen molar-refractivity contribution in [2.24, 2.45) is 0 Å². The molecular weight excluding hydrogens is 389 g/mol. The fraction of sp³-hybridized carbons (Fsp3) is 0.222. The van der Waals surface area contributed by atoms with Crippen LogP contribution in [0.3, 0.4) is 0 Å². The van der Waals surface area contributed by atoms with Crippen LogP contribution in [0.25, 0.3) is 44.0 Å². The van der Waals surface area contributed by atoms with Gasteiger partial charge in [0.15, 0.2) is 0 Å². The Bertz CT molecular complexity index is 1450. The van der Waals surface area contributed by atoms with Crippen molar-refractivity contribution < 1.29 is 13.5 Å². The summed E-state index contributed by atoms with van der Waals surface area (Å²) < 4.78 is 26.8. The molecule has 3 aromatic carbocycles. The summed E-state index contributed by atoms with van der Waals surface area (Å²) >= 11 is 0. The lowest BCUT2D eigenvalue weighted by Gasteiger charge is -2.24. The first-order valence-corrected chi connectivity index (χ1v) is 10.8. The molecule has 0 saturated carbocycles. The van der Waals surface area contributed by atoms with E-state index < -0.39 is 0 Å². The number of nitrogens with zero attached hydrogens (tertiary/aromatic N) is 1. The highest BCUT2D eigenvalue weighted by atomic mass is 19.1. The number of ether oxygens (including phenoxy) is 1. The van der Waals surface area contributed by atoms with Crippen molar-refractivity contribution in [1.82, 2.24) is 4.98 Å². The van der Waals surface area contributed by atoms with Crippen LogP contribution in [-0.2, 0) is 4.74 Å². The van der Waals surface area contributed by atoms with E-state index in [-0.39, 0.29) is 11.7 Å². The molecule has 0 aliphatic carbocycles. The maximum atomic E-state index is 15.0. The van der Waals surface area contributed by atoms with Crippen LogP contribution >= 0.6 is 0 Å². The zero-order chi connectivity index (χ0) is 20.9. The maximum absolute atomic E-state index is 15.0. The summed E-state index contributed by atoms with van der Waals surface area (Å²) in [7, 11) is 0. The lowest BCUT2D eigenvalue weighted by atomic mass is 9.87. The number of fused-ring (bicyclic) bond motifs is 4. The number of aryl methyl sites for hydroxylation is 1. The van der Waals surface area contributed by atoms with Gasteiger partial charge in [-0.3, -0.25) is 4.98 Å². The number of hydrogen-bond donors (Lipinski definition) is 0. The Hall–Kier alpha value is -3.24. The predicted octanol–water partition coefficient (Wildman–Crippen LogP) is 7.14. The Morgan fingerprint density at radius 1 is 0.903 bits per heavy atom. The van der Waals surface area contributed by atoms with Crippen molar-refractivity contribution in [3.63, 3.8) is 0 Å². The van der Waals surface area contributed by atoms with E-state index in [1.165, 1.54) is 0 Å². The van der Waals surface area contributed by atoms with Gasteiger partial charge in [-0.15, -0.1) is 0 Å². The van der Waals surface area contributed by atoms with Gasteiger partial charge in [-0.25, -0.2) is 4.39 Å². The fourth-order valence-corrected chi connectivity index (χ4v) is 5.01. The second-order valence-corrected chi connectivity index (χ2v) is 8.39. The number of benzene rings is 3. The summed E-state index contributed by atoms with van der Waals surface area (Å²) in [6.07, 6.45) is 3.47. The van der Waals surface area contributed by atoms with E-state index in [0.717, 1.165) is 67.9 Å². The first kappa shape index (κ1) is 18.5. The van der Waals surface area contributed by atoms with Gasteiger partial charge in [-0.1, -0.05) is 18.2 Å². The molecule has 0 atom stereocenters. The molecule has 1 aliphatic rings. The molecule has 1 aliphatic heterocycles. The molecule has 2 aromatic heterocycles. The third kappa shape index (κ3) is 2.94. The second-order valence-electron chi connectivity index (χ2n) is 8.39. The zero-order valence-corrected chi connectivity index (χ0v) is 17.3. The number of hydrogen-bond acceptors (Lipinski definition) is 3. The van der Waals surface area contributed by atoms with Crippen molar-refractivity contribution in [2.45, 2.75) is 25.7 Å². The molecule has 0 radical (unpaired) electrons. The molecule has 0 unspecified atom stereocenters. The first-order chi connectivity index (χ1) is 15.2. The molecule has 4 heteroatoms. The Balaban J connectivity index is 1.65. The average molecular weight is 411 g/mol. The largest absolute Gasteiger partial charge is 0.455 e. The van der Waals surface area contributed by atoms with Gasteiger partial charge in [-0.05, 0) is 78.6 Å². The van der Waals surface area contributed by atoms with Crippen molar-refractivity contribution in [3.05, 3.63) is 77.7 Å². The van der Waals surface area contributed by atoms with Crippen LogP contribution in [0.1, 0.15) is 29.9 Å². The Morgan fingerprint density at radius 2 is 1.74 bits per heavy atom. The van der Waals surface area contributed by atoms with E-state index in [1.807, 2.05) is 30.3 Å². The molecule has 31 heavy (non-hydrogen) atoms. The summed E-state index contributed by atoms with van der Waals surface area (Å²) in [4.78, 5) is 4.75. The van der Waals surface area contributed by atoms with Gasteiger partial charge in [0.1, 0.15) is 17.0 Å². The highest BCUT2D eigenvalue weighted by Gasteiger charge is 2.23. The molecule has 154 valence electrons. The third-order valence-electron chi connectivity index (χ3n) is 6.44. The van der Waals surface area contributed by atoms with Crippen molar-refractivity contribution >= 4 is 32.7 Å². The molecule has 0 amide bonds. The molecule has 3 heterocycles. The normalized spacial score (nSPS) is 15.3. The summed E-state index contributed by atoms with van der Waals surface area (Å²) in [5.41, 5.74) is 5.39. The molecule has 0 bridgehead atoms. The quantitative estimate of drug-likeness (QED) is 0.310. The zero-order valence-electron chi connectivity index (χ0n) is 17.3. The minimum Gasteiger partial charge on any atom is -0.455 e. The predicted molar refractivity (Wildman–Crippen MR) is 122 cm³/mol. The fourth-order valence-electron chi connectivity index (χ4n) is 5.01. The van der Waals surface area contributed by atoms with Gasteiger partial charge in [0.05, 0.1) is 5.69 Å². The molecule has 0 spiro atoms. The molecule has 3 nitrogen and oxygen atoms in total. The minimum absolute atomic E-state index is 0.144. The second kappa shape index (κ2) is 7.17. The Morgan fingerprint density at radius 3 is 2.61 bits per heavy atom. The molecule has 1 saturated heterocycles. The average Bonchev–Trinajstić information content (AvgIpc) is 3.17. The lowest BCUT2D eigenvalue weighted by molar-refractivity contribution is 0.0849. The topological polar surface area (TPSA) is 35.3 Å².